The van der Waals surface area contributed by atoms with Crippen molar-refractivity contribution in [1.29, 1.82) is 0 Å². The molecule has 2 rings (SSSR count). The number of amides is 1. The first kappa shape index (κ1) is 23.0. The van der Waals surface area contributed by atoms with E-state index in [0.29, 0.717) is 34.5 Å². The number of carboxylic acids is 1. The second-order valence-corrected chi connectivity index (χ2v) is 14.5. The van der Waals surface area contributed by atoms with Gasteiger partial charge in [0.1, 0.15) is 5.75 Å². The Kier molecular flexibility index (Phi) is 8.18. The zero-order valence-electron chi connectivity index (χ0n) is 16.5. The van der Waals surface area contributed by atoms with E-state index in [0.717, 1.165) is 6.04 Å². The van der Waals surface area contributed by atoms with E-state index < -0.39 is 14.0 Å². The molecule has 1 heterocycles. The van der Waals surface area contributed by atoms with Gasteiger partial charge in [-0.25, -0.2) is 0 Å². The van der Waals surface area contributed by atoms with E-state index in [-0.39, 0.29) is 38.0 Å². The normalized spacial score (nSPS) is 17.2. The molecule has 28 heavy (non-hydrogen) atoms. The van der Waals surface area contributed by atoms with Crippen molar-refractivity contribution in [3.63, 3.8) is 0 Å². The Morgan fingerprint density at radius 2 is 2.04 bits per heavy atom. The van der Waals surface area contributed by atoms with Gasteiger partial charge < -0.3 is 19.5 Å². The fourth-order valence-corrected chi connectivity index (χ4v) is 4.24. The maximum Gasteiger partial charge on any atom is 0.305 e. The predicted octanol–water partition coefficient (Wildman–Crippen LogP) is 4.48. The van der Waals surface area contributed by atoms with Gasteiger partial charge in [-0.3, -0.25) is 9.59 Å². The number of carbonyl (C=O) groups is 2. The molecule has 1 atom stereocenters. The van der Waals surface area contributed by atoms with Crippen LogP contribution < -0.4 is 4.74 Å². The van der Waals surface area contributed by atoms with Crippen LogP contribution in [0.25, 0.3) is 0 Å². The van der Waals surface area contributed by atoms with Gasteiger partial charge in [-0.05, 0) is 18.2 Å². The number of halogens is 2. The average Bonchev–Trinajstić information content (AvgIpc) is 2.95. The number of rotatable bonds is 10. The number of benzene rings is 1. The van der Waals surface area contributed by atoms with Gasteiger partial charge in [0.25, 0.3) is 0 Å². The summed E-state index contributed by atoms with van der Waals surface area (Å²) in [6.45, 7) is 8.14. The fourth-order valence-electron chi connectivity index (χ4n) is 3.01. The molecule has 156 valence electrons. The molecule has 1 N–H and O–H groups in total. The average molecular weight is 448 g/mol. The predicted molar refractivity (Wildman–Crippen MR) is 112 cm³/mol. The van der Waals surface area contributed by atoms with Crippen molar-refractivity contribution in [1.82, 2.24) is 4.90 Å². The molecule has 1 fully saturated rings. The minimum absolute atomic E-state index is 0.0873. The van der Waals surface area contributed by atoms with Gasteiger partial charge in [0, 0.05) is 45.7 Å². The lowest BCUT2D eigenvalue weighted by atomic mass is 9.97. The Morgan fingerprint density at radius 1 is 1.32 bits per heavy atom. The molecule has 1 aliphatic heterocycles. The molecule has 1 aromatic rings. The standard InChI is InChI=1S/C19H27Cl2NO5Si/c1-28(2,3)9-8-26-12-27-15-5-4-14(20)19(21)18(15)13-10-16(23)22(11-13)7-6-17(24)25/h4-5,13H,6-12H2,1-3H3,(H,24,25). The summed E-state index contributed by atoms with van der Waals surface area (Å²) >= 11 is 12.6. The first-order chi connectivity index (χ1) is 13.1. The number of hydrogen-bond acceptors (Lipinski definition) is 4. The lowest BCUT2D eigenvalue weighted by Crippen LogP contribution is -2.27. The Labute approximate surface area is 176 Å². The van der Waals surface area contributed by atoms with Gasteiger partial charge in [0.2, 0.25) is 5.91 Å². The highest BCUT2D eigenvalue weighted by molar-refractivity contribution is 6.76. The van der Waals surface area contributed by atoms with Gasteiger partial charge in [0.15, 0.2) is 6.79 Å². The third-order valence-corrected chi connectivity index (χ3v) is 7.13. The number of carbonyl (C=O) groups excluding carboxylic acids is 1. The smallest absolute Gasteiger partial charge is 0.305 e. The first-order valence-electron chi connectivity index (χ1n) is 9.26. The molecule has 1 saturated heterocycles. The minimum atomic E-state index is -1.17. The van der Waals surface area contributed by atoms with E-state index in [1.54, 1.807) is 17.0 Å². The van der Waals surface area contributed by atoms with Gasteiger partial charge in [-0.2, -0.15) is 0 Å². The Morgan fingerprint density at radius 3 is 2.68 bits per heavy atom. The van der Waals surface area contributed by atoms with Crippen LogP contribution in [0.4, 0.5) is 0 Å². The van der Waals surface area contributed by atoms with Crippen LogP contribution in [0.1, 0.15) is 24.3 Å². The van der Waals surface area contributed by atoms with Crippen LogP contribution >= 0.6 is 23.2 Å². The zero-order chi connectivity index (χ0) is 20.9. The summed E-state index contributed by atoms with van der Waals surface area (Å²) in [6, 6.07) is 4.43. The number of ether oxygens (including phenoxy) is 2. The van der Waals surface area contributed by atoms with E-state index in [9.17, 15) is 9.59 Å². The lowest BCUT2D eigenvalue weighted by Gasteiger charge is -2.20. The summed E-state index contributed by atoms with van der Waals surface area (Å²) in [5.74, 6) is -0.694. The molecule has 0 radical (unpaired) electrons. The maximum absolute atomic E-state index is 12.3. The number of likely N-dealkylation sites (tertiary alicyclic amines) is 1. The fraction of sp³-hybridized carbons (Fsp3) is 0.579. The van der Waals surface area contributed by atoms with Gasteiger partial charge in [-0.1, -0.05) is 42.8 Å². The summed E-state index contributed by atoms with van der Waals surface area (Å²) in [4.78, 5) is 24.6. The molecule has 1 aromatic carbocycles. The third-order valence-electron chi connectivity index (χ3n) is 4.61. The van der Waals surface area contributed by atoms with Crippen LogP contribution in [0.3, 0.4) is 0 Å². The zero-order valence-corrected chi connectivity index (χ0v) is 19.0. The largest absolute Gasteiger partial charge is 0.481 e. The molecule has 0 spiro atoms. The number of nitrogens with zero attached hydrogens (tertiary/aromatic N) is 1. The molecule has 0 saturated carbocycles. The summed E-state index contributed by atoms with van der Waals surface area (Å²) in [6.07, 6.45) is 0.155. The first-order valence-corrected chi connectivity index (χ1v) is 13.7. The topological polar surface area (TPSA) is 76.1 Å². The van der Waals surface area contributed by atoms with Crippen LogP contribution in [-0.2, 0) is 14.3 Å². The number of hydrogen-bond donors (Lipinski definition) is 1. The highest BCUT2D eigenvalue weighted by Crippen LogP contribution is 2.42. The van der Waals surface area contributed by atoms with Crippen LogP contribution in [0.5, 0.6) is 5.75 Å². The molecule has 0 bridgehead atoms. The molecule has 1 amide bonds. The van der Waals surface area contributed by atoms with E-state index >= 15 is 0 Å². The van der Waals surface area contributed by atoms with Crippen molar-refractivity contribution >= 4 is 43.2 Å². The van der Waals surface area contributed by atoms with E-state index in [2.05, 4.69) is 19.6 Å². The van der Waals surface area contributed by atoms with Crippen LogP contribution in [0.2, 0.25) is 35.7 Å². The van der Waals surface area contributed by atoms with Gasteiger partial charge in [0.05, 0.1) is 16.5 Å². The molecule has 1 unspecified atom stereocenters. The van der Waals surface area contributed by atoms with Crippen molar-refractivity contribution in [2.24, 2.45) is 0 Å². The Bertz CT molecular complexity index is 723. The SMILES string of the molecule is C[Si](C)(C)CCOCOc1ccc(Cl)c(Cl)c1C1CC(=O)N(CCC(=O)O)C1. The number of carboxylic acid groups (broad SMARTS) is 1. The summed E-state index contributed by atoms with van der Waals surface area (Å²) in [5.41, 5.74) is 0.675. The van der Waals surface area contributed by atoms with E-state index in [1.165, 1.54) is 0 Å². The van der Waals surface area contributed by atoms with Crippen molar-refractivity contribution < 1.29 is 24.2 Å². The highest BCUT2D eigenvalue weighted by Gasteiger charge is 2.34. The summed E-state index contributed by atoms with van der Waals surface area (Å²) in [7, 11) is -1.17. The van der Waals surface area contributed by atoms with Crippen LogP contribution in [-0.4, -0.2) is 56.4 Å². The Hall–Kier alpha value is -1.28. The van der Waals surface area contributed by atoms with Gasteiger partial charge >= 0.3 is 5.97 Å². The Balaban J connectivity index is 2.06. The molecular formula is C19H27Cl2NO5Si. The molecule has 1 aliphatic rings. The minimum Gasteiger partial charge on any atom is -0.481 e. The number of aliphatic carboxylic acids is 1. The van der Waals surface area contributed by atoms with Crippen LogP contribution in [0.15, 0.2) is 12.1 Å². The van der Waals surface area contributed by atoms with Crippen molar-refractivity contribution in [3.8, 4) is 5.75 Å². The lowest BCUT2D eigenvalue weighted by molar-refractivity contribution is -0.137. The molecule has 0 aliphatic carbocycles. The van der Waals surface area contributed by atoms with Crippen molar-refractivity contribution in [2.75, 3.05) is 26.5 Å². The summed E-state index contributed by atoms with van der Waals surface area (Å²) < 4.78 is 11.4. The quantitative estimate of drug-likeness (QED) is 0.325. The van der Waals surface area contributed by atoms with Crippen LogP contribution in [0, 0.1) is 0 Å². The molecule has 6 nitrogen and oxygen atoms in total. The second-order valence-electron chi connectivity index (χ2n) is 8.14. The van der Waals surface area contributed by atoms with Crippen molar-refractivity contribution in [3.05, 3.63) is 27.7 Å². The molecule has 9 heteroatoms. The monoisotopic (exact) mass is 447 g/mol. The molecule has 0 aromatic heterocycles. The highest BCUT2D eigenvalue weighted by atomic mass is 35.5. The van der Waals surface area contributed by atoms with E-state index in [1.807, 2.05) is 0 Å². The van der Waals surface area contributed by atoms with Gasteiger partial charge in [-0.15, -0.1) is 0 Å². The second kappa shape index (κ2) is 9.96. The molecular weight excluding hydrogens is 421 g/mol. The third kappa shape index (κ3) is 6.65. The maximum atomic E-state index is 12.3. The van der Waals surface area contributed by atoms with E-state index in [4.69, 9.17) is 37.8 Å². The van der Waals surface area contributed by atoms with Crippen molar-refractivity contribution in [2.45, 2.75) is 44.4 Å². The summed E-state index contributed by atoms with van der Waals surface area (Å²) in [5, 5.41) is 9.60.